The second kappa shape index (κ2) is 15.3. The van der Waals surface area contributed by atoms with Crippen LogP contribution in [0, 0.1) is 26.7 Å². The lowest BCUT2D eigenvalue weighted by atomic mass is 9.93. The fourth-order valence-corrected chi connectivity index (χ4v) is 6.90. The highest BCUT2D eigenvalue weighted by molar-refractivity contribution is 6.21. The van der Waals surface area contributed by atoms with Gasteiger partial charge in [-0.25, -0.2) is 19.4 Å². The van der Waals surface area contributed by atoms with E-state index in [0.717, 1.165) is 27.6 Å². The summed E-state index contributed by atoms with van der Waals surface area (Å²) in [4.78, 5) is 46.4. The molecule has 7 rings (SSSR count). The van der Waals surface area contributed by atoms with Gasteiger partial charge in [0.2, 0.25) is 5.90 Å². The van der Waals surface area contributed by atoms with Crippen molar-refractivity contribution in [2.45, 2.75) is 61.3 Å². The molecule has 11 nitrogen and oxygen atoms in total. The van der Waals surface area contributed by atoms with E-state index in [0.29, 0.717) is 62.4 Å². The molecule has 6 aromatic rings. The molecule has 0 amide bonds. The summed E-state index contributed by atoms with van der Waals surface area (Å²) < 4.78 is 36.2. The molecule has 0 bridgehead atoms. The van der Waals surface area contributed by atoms with Gasteiger partial charge >= 0.3 is 17.2 Å². The Morgan fingerprint density at radius 2 is 1.32 bits per heavy atom. The van der Waals surface area contributed by atoms with Crippen molar-refractivity contribution in [1.82, 2.24) is 4.98 Å². The van der Waals surface area contributed by atoms with E-state index in [9.17, 15) is 14.4 Å². The van der Waals surface area contributed by atoms with Gasteiger partial charge in [-0.3, -0.25) is 0 Å². The first-order chi connectivity index (χ1) is 26.8. The minimum atomic E-state index is -0.609. The Hall–Kier alpha value is -6.62. The molecule has 4 heterocycles. The van der Waals surface area contributed by atoms with E-state index < -0.39 is 17.2 Å². The fourth-order valence-electron chi connectivity index (χ4n) is 6.90. The predicted octanol–water partition coefficient (Wildman–Crippen LogP) is 9.82. The number of carbonyl (C=O) groups excluding carboxylic acids is 1. The third kappa shape index (κ3) is 7.52. The van der Waals surface area contributed by atoms with Gasteiger partial charge in [0.1, 0.15) is 39.7 Å². The highest BCUT2D eigenvalue weighted by atomic mass is 16.5. The Morgan fingerprint density at radius 3 is 1.88 bits per heavy atom. The van der Waals surface area contributed by atoms with Crippen LogP contribution < -0.4 is 25.5 Å². The van der Waals surface area contributed by atoms with Crippen molar-refractivity contribution in [2.24, 2.45) is 10.9 Å². The van der Waals surface area contributed by atoms with Gasteiger partial charge in [0.25, 0.3) is 0 Å². The SMILES string of the molecule is CCOC(=O)C1=C(C(C)C)/C(=C(\Oc2c(C)cc(C)cc2C)c2[nH]c(Oc3ccc4ccc(=O)oc4c3)cc2C(C)C)N=C1Oc1ccc2ccc(=O)oc2c1. The molecule has 1 aliphatic rings. The Balaban J connectivity index is 1.45. The molecule has 0 saturated carbocycles. The van der Waals surface area contributed by atoms with Crippen LogP contribution in [0.25, 0.3) is 27.7 Å². The zero-order chi connectivity index (χ0) is 39.8. The molecule has 0 radical (unpaired) electrons. The average molecular weight is 755 g/mol. The molecule has 0 fully saturated rings. The van der Waals surface area contributed by atoms with Gasteiger partial charge in [0.05, 0.1) is 12.3 Å². The van der Waals surface area contributed by atoms with Gasteiger partial charge in [-0.1, -0.05) is 45.4 Å². The van der Waals surface area contributed by atoms with E-state index in [1.807, 2.05) is 58.9 Å². The minimum Gasteiger partial charge on any atom is -0.462 e. The molecule has 1 aliphatic heterocycles. The molecule has 0 spiro atoms. The van der Waals surface area contributed by atoms with Crippen LogP contribution in [-0.2, 0) is 9.53 Å². The number of hydrogen-bond acceptors (Lipinski definition) is 10. The maximum absolute atomic E-state index is 13.9. The van der Waals surface area contributed by atoms with Crippen LogP contribution in [0.5, 0.6) is 23.1 Å². The zero-order valence-corrected chi connectivity index (χ0v) is 32.5. The Kier molecular flexibility index (Phi) is 10.3. The van der Waals surface area contributed by atoms with E-state index in [2.05, 4.69) is 18.8 Å². The summed E-state index contributed by atoms with van der Waals surface area (Å²) in [7, 11) is 0. The van der Waals surface area contributed by atoms with Gasteiger partial charge in [-0.2, -0.15) is 0 Å². The van der Waals surface area contributed by atoms with Crippen LogP contribution in [0.3, 0.4) is 0 Å². The first-order valence-corrected chi connectivity index (χ1v) is 18.5. The molecule has 0 aliphatic carbocycles. The van der Waals surface area contributed by atoms with Crippen molar-refractivity contribution in [1.29, 1.82) is 0 Å². The van der Waals surface area contributed by atoms with E-state index in [1.165, 1.54) is 12.1 Å². The number of aromatic amines is 1. The predicted molar refractivity (Wildman–Crippen MR) is 215 cm³/mol. The summed E-state index contributed by atoms with van der Waals surface area (Å²) in [6.45, 7) is 15.9. The highest BCUT2D eigenvalue weighted by Gasteiger charge is 2.37. The Morgan fingerprint density at radius 1 is 0.750 bits per heavy atom. The quantitative estimate of drug-likeness (QED) is 0.0821. The smallest absolute Gasteiger partial charge is 0.344 e. The molecule has 56 heavy (non-hydrogen) atoms. The van der Waals surface area contributed by atoms with Crippen molar-refractivity contribution >= 4 is 39.6 Å². The average Bonchev–Trinajstić information content (AvgIpc) is 3.73. The van der Waals surface area contributed by atoms with Gasteiger partial charge in [0, 0.05) is 46.7 Å². The number of hydrogen-bond donors (Lipinski definition) is 1. The van der Waals surface area contributed by atoms with E-state index in [4.69, 9.17) is 32.8 Å². The van der Waals surface area contributed by atoms with E-state index in [-0.39, 0.29) is 29.9 Å². The lowest BCUT2D eigenvalue weighted by Gasteiger charge is -2.20. The number of H-pyrrole nitrogens is 1. The molecular weight excluding hydrogens is 712 g/mol. The van der Waals surface area contributed by atoms with Gasteiger partial charge in [-0.15, -0.1) is 0 Å². The van der Waals surface area contributed by atoms with Crippen LogP contribution in [0.1, 0.15) is 68.5 Å². The normalized spacial score (nSPS) is 13.9. The molecule has 0 unspecified atom stereocenters. The van der Waals surface area contributed by atoms with Crippen molar-refractivity contribution in [2.75, 3.05) is 6.61 Å². The van der Waals surface area contributed by atoms with Crippen molar-refractivity contribution in [3.8, 4) is 23.1 Å². The summed E-state index contributed by atoms with van der Waals surface area (Å²) in [6, 6.07) is 22.4. The van der Waals surface area contributed by atoms with Gasteiger partial charge < -0.3 is 32.8 Å². The Bertz CT molecular complexity index is 2720. The van der Waals surface area contributed by atoms with E-state index in [1.54, 1.807) is 49.4 Å². The largest absolute Gasteiger partial charge is 0.462 e. The number of nitrogens with one attached hydrogen (secondary N) is 1. The van der Waals surface area contributed by atoms with Crippen LogP contribution in [-0.4, -0.2) is 23.5 Å². The standard InChI is InChI=1S/C45H42N2O9/c1-9-51-45(50)39-38(24(4)5)41(47-44(39)53-31-15-11-29-13-17-37(49)55-34(29)21-31)43(56-42-26(7)18-25(6)19-27(42)8)40-32(23(2)3)22-35(46-40)52-30-14-10-28-12-16-36(48)54-33(28)20-30/h10-24,46H,9H2,1-8H3/b43-41+. The number of esters is 1. The lowest BCUT2D eigenvalue weighted by Crippen LogP contribution is -2.21. The molecule has 3 aromatic heterocycles. The van der Waals surface area contributed by atoms with Crippen molar-refractivity contribution in [3.05, 3.63) is 144 Å². The third-order valence-electron chi connectivity index (χ3n) is 9.34. The summed E-state index contributed by atoms with van der Waals surface area (Å²) in [5, 5.41) is 1.46. The number of carbonyl (C=O) groups is 1. The van der Waals surface area contributed by atoms with E-state index >= 15 is 0 Å². The second-order valence-electron chi connectivity index (χ2n) is 14.3. The highest BCUT2D eigenvalue weighted by Crippen LogP contribution is 2.43. The van der Waals surface area contributed by atoms with Crippen LogP contribution in [0.4, 0.5) is 0 Å². The Labute approximate surface area is 322 Å². The van der Waals surface area contributed by atoms with Crippen molar-refractivity contribution < 1.29 is 32.6 Å². The number of rotatable bonds is 10. The first kappa shape index (κ1) is 37.7. The number of aryl methyl sites for hydroxylation is 3. The first-order valence-electron chi connectivity index (χ1n) is 18.5. The number of nitrogens with zero attached hydrogens (tertiary/aromatic N) is 1. The molecule has 3 aromatic carbocycles. The van der Waals surface area contributed by atoms with Gasteiger partial charge in [0.15, 0.2) is 11.6 Å². The molecule has 286 valence electrons. The van der Waals surface area contributed by atoms with Gasteiger partial charge in [-0.05, 0) is 92.6 Å². The number of aromatic nitrogens is 1. The maximum atomic E-state index is 13.9. The van der Waals surface area contributed by atoms with Crippen molar-refractivity contribution in [3.63, 3.8) is 0 Å². The maximum Gasteiger partial charge on any atom is 0.344 e. The second-order valence-corrected chi connectivity index (χ2v) is 14.3. The topological polar surface area (TPSA) is 143 Å². The molecule has 1 N–H and O–H groups in total. The number of aliphatic imine (C=N–C) groups is 1. The molecule has 0 atom stereocenters. The van der Waals surface area contributed by atoms with Crippen LogP contribution in [0.2, 0.25) is 0 Å². The molecule has 11 heteroatoms. The summed E-state index contributed by atoms with van der Waals surface area (Å²) >= 11 is 0. The number of allylic oxidation sites excluding steroid dienone is 1. The summed E-state index contributed by atoms with van der Waals surface area (Å²) in [6.07, 6.45) is 0. The zero-order valence-electron chi connectivity index (χ0n) is 32.5. The molecule has 0 saturated heterocycles. The van der Waals surface area contributed by atoms with Crippen LogP contribution in [0.15, 0.2) is 119 Å². The summed E-state index contributed by atoms with van der Waals surface area (Å²) in [5.41, 5.74) is 5.15. The molecular formula is C45H42N2O9. The fraction of sp³-hybridized carbons (Fsp3) is 0.244. The third-order valence-corrected chi connectivity index (χ3v) is 9.34. The number of fused-ring (bicyclic) bond motifs is 2. The lowest BCUT2D eigenvalue weighted by molar-refractivity contribution is -0.138. The number of benzene rings is 3. The summed E-state index contributed by atoms with van der Waals surface area (Å²) in [5.74, 6) is 1.22. The number of ether oxygens (including phenoxy) is 4. The minimum absolute atomic E-state index is 0.00464. The van der Waals surface area contributed by atoms with Crippen LogP contribution >= 0.6 is 0 Å². The monoisotopic (exact) mass is 754 g/mol.